The highest BCUT2D eigenvalue weighted by Gasteiger charge is 2.04. The third-order valence-electron chi connectivity index (χ3n) is 2.92. The normalized spacial score (nSPS) is 10.6. The van der Waals surface area contributed by atoms with Crippen LogP contribution in [-0.2, 0) is 14.3 Å². The lowest BCUT2D eigenvalue weighted by molar-refractivity contribution is -0.118. The molecule has 1 N–H and O–H groups in total. The number of ether oxygens (including phenoxy) is 2. The molecule has 0 saturated carbocycles. The third-order valence-corrected chi connectivity index (χ3v) is 4.08. The van der Waals surface area contributed by atoms with Gasteiger partial charge in [-0.2, -0.15) is 0 Å². The van der Waals surface area contributed by atoms with Gasteiger partial charge in [-0.25, -0.2) is 0 Å². The Kier molecular flexibility index (Phi) is 9.14. The smallest absolute Gasteiger partial charge is 0.230 e. The topological polar surface area (TPSA) is 47.6 Å². The molecule has 118 valence electrons. The Hall–Kier alpha value is -1.04. The van der Waals surface area contributed by atoms with E-state index in [9.17, 15) is 4.79 Å². The number of methoxy groups -OCH3 is 1. The molecule has 1 aromatic rings. The SMILES string of the molecule is COCCOCCCNC(=O)CSc1cc(C)ccc1C. The minimum Gasteiger partial charge on any atom is -0.382 e. The average molecular weight is 311 g/mol. The van der Waals surface area contributed by atoms with E-state index in [1.54, 1.807) is 18.9 Å². The van der Waals surface area contributed by atoms with Crippen LogP contribution in [0.4, 0.5) is 0 Å². The number of rotatable bonds is 10. The summed E-state index contributed by atoms with van der Waals surface area (Å²) < 4.78 is 10.2. The first kappa shape index (κ1) is 18.0. The molecule has 0 aliphatic rings. The van der Waals surface area contributed by atoms with Crippen molar-refractivity contribution in [1.82, 2.24) is 5.32 Å². The molecule has 0 aromatic heterocycles. The molecular formula is C16H25NO3S. The van der Waals surface area contributed by atoms with Crippen molar-refractivity contribution in [3.8, 4) is 0 Å². The molecule has 0 unspecified atom stereocenters. The summed E-state index contributed by atoms with van der Waals surface area (Å²) in [5.41, 5.74) is 2.43. The number of aryl methyl sites for hydroxylation is 2. The van der Waals surface area contributed by atoms with Crippen LogP contribution in [0.5, 0.6) is 0 Å². The summed E-state index contributed by atoms with van der Waals surface area (Å²) in [6.07, 6.45) is 0.823. The second-order valence-electron chi connectivity index (χ2n) is 4.87. The number of nitrogens with one attached hydrogen (secondary N) is 1. The molecule has 0 aliphatic heterocycles. The number of amides is 1. The third kappa shape index (κ3) is 8.09. The first-order chi connectivity index (χ1) is 10.1. The van der Waals surface area contributed by atoms with Crippen molar-refractivity contribution >= 4 is 17.7 Å². The van der Waals surface area contributed by atoms with E-state index in [1.807, 2.05) is 0 Å². The maximum atomic E-state index is 11.8. The highest BCUT2D eigenvalue weighted by Crippen LogP contribution is 2.23. The summed E-state index contributed by atoms with van der Waals surface area (Å²) in [7, 11) is 1.65. The zero-order chi connectivity index (χ0) is 15.5. The maximum Gasteiger partial charge on any atom is 0.230 e. The summed E-state index contributed by atoms with van der Waals surface area (Å²) in [6, 6.07) is 6.30. The van der Waals surface area contributed by atoms with Gasteiger partial charge in [-0.15, -0.1) is 11.8 Å². The first-order valence-corrected chi connectivity index (χ1v) is 8.15. The van der Waals surface area contributed by atoms with E-state index in [1.165, 1.54) is 16.0 Å². The molecule has 5 heteroatoms. The van der Waals surface area contributed by atoms with Gasteiger partial charge in [-0.1, -0.05) is 17.7 Å². The highest BCUT2D eigenvalue weighted by molar-refractivity contribution is 8.00. The minimum absolute atomic E-state index is 0.0674. The quantitative estimate of drug-likeness (QED) is 0.533. The van der Waals surface area contributed by atoms with E-state index in [2.05, 4.69) is 37.4 Å². The van der Waals surface area contributed by atoms with Crippen LogP contribution in [0, 0.1) is 13.8 Å². The van der Waals surface area contributed by atoms with E-state index in [-0.39, 0.29) is 5.91 Å². The van der Waals surface area contributed by atoms with Crippen LogP contribution in [0.3, 0.4) is 0 Å². The van der Waals surface area contributed by atoms with E-state index < -0.39 is 0 Å². The molecular weight excluding hydrogens is 286 g/mol. The Morgan fingerprint density at radius 3 is 2.81 bits per heavy atom. The Labute approximate surface area is 131 Å². The fourth-order valence-corrected chi connectivity index (χ4v) is 2.66. The molecule has 1 aromatic carbocycles. The lowest BCUT2D eigenvalue weighted by Crippen LogP contribution is -2.27. The van der Waals surface area contributed by atoms with Gasteiger partial charge in [0.2, 0.25) is 5.91 Å². The fraction of sp³-hybridized carbons (Fsp3) is 0.562. The fourth-order valence-electron chi connectivity index (χ4n) is 1.70. The summed E-state index contributed by atoms with van der Waals surface area (Å²) in [6.45, 7) is 6.64. The number of thioether (sulfide) groups is 1. The molecule has 1 amide bonds. The van der Waals surface area contributed by atoms with Crippen molar-refractivity contribution < 1.29 is 14.3 Å². The van der Waals surface area contributed by atoms with Gasteiger partial charge in [0.1, 0.15) is 0 Å². The number of benzene rings is 1. The van der Waals surface area contributed by atoms with Crippen molar-refractivity contribution in [3.05, 3.63) is 29.3 Å². The number of hydrogen-bond donors (Lipinski definition) is 1. The van der Waals surface area contributed by atoms with Crippen LogP contribution < -0.4 is 5.32 Å². The van der Waals surface area contributed by atoms with Gasteiger partial charge in [-0.05, 0) is 31.9 Å². The zero-order valence-electron chi connectivity index (χ0n) is 13.1. The summed E-state index contributed by atoms with van der Waals surface area (Å²) in [5, 5.41) is 2.91. The van der Waals surface area contributed by atoms with Crippen molar-refractivity contribution in [2.24, 2.45) is 0 Å². The Morgan fingerprint density at radius 2 is 2.05 bits per heavy atom. The van der Waals surface area contributed by atoms with Crippen LogP contribution >= 0.6 is 11.8 Å². The van der Waals surface area contributed by atoms with E-state index in [0.717, 1.165) is 6.42 Å². The zero-order valence-corrected chi connectivity index (χ0v) is 13.9. The van der Waals surface area contributed by atoms with Crippen LogP contribution in [0.1, 0.15) is 17.5 Å². The molecule has 0 saturated heterocycles. The van der Waals surface area contributed by atoms with Crippen LogP contribution in [0.2, 0.25) is 0 Å². The molecule has 0 fully saturated rings. The highest BCUT2D eigenvalue weighted by atomic mass is 32.2. The van der Waals surface area contributed by atoms with E-state index in [0.29, 0.717) is 32.1 Å². The first-order valence-electron chi connectivity index (χ1n) is 7.17. The Bertz CT molecular complexity index is 438. The standard InChI is InChI=1S/C16H25NO3S/c1-13-5-6-14(2)15(11-13)21-12-16(18)17-7-4-8-20-10-9-19-3/h5-6,11H,4,7-10,12H2,1-3H3,(H,17,18). The van der Waals surface area contributed by atoms with Gasteiger partial charge in [0, 0.05) is 25.2 Å². The predicted molar refractivity (Wildman–Crippen MR) is 87.0 cm³/mol. The largest absolute Gasteiger partial charge is 0.382 e. The van der Waals surface area contributed by atoms with E-state index in [4.69, 9.17) is 9.47 Å². The second-order valence-corrected chi connectivity index (χ2v) is 5.88. The van der Waals surface area contributed by atoms with Gasteiger partial charge in [0.25, 0.3) is 0 Å². The van der Waals surface area contributed by atoms with Gasteiger partial charge in [0.15, 0.2) is 0 Å². The van der Waals surface area contributed by atoms with Gasteiger partial charge < -0.3 is 14.8 Å². The Balaban J connectivity index is 2.12. The molecule has 0 bridgehead atoms. The van der Waals surface area contributed by atoms with Crippen LogP contribution in [0.25, 0.3) is 0 Å². The molecule has 1 rings (SSSR count). The maximum absolute atomic E-state index is 11.8. The second kappa shape index (κ2) is 10.7. The van der Waals surface area contributed by atoms with Gasteiger partial charge in [0.05, 0.1) is 19.0 Å². The van der Waals surface area contributed by atoms with Gasteiger partial charge >= 0.3 is 0 Å². The van der Waals surface area contributed by atoms with Crippen molar-refractivity contribution in [1.29, 1.82) is 0 Å². The monoisotopic (exact) mass is 311 g/mol. The number of carbonyl (C=O) groups is 1. The molecule has 0 spiro atoms. The average Bonchev–Trinajstić information content (AvgIpc) is 2.47. The minimum atomic E-state index is 0.0674. The number of carbonyl (C=O) groups excluding carboxylic acids is 1. The molecule has 0 atom stereocenters. The summed E-state index contributed by atoms with van der Waals surface area (Å²) >= 11 is 1.58. The molecule has 0 aliphatic carbocycles. The van der Waals surface area contributed by atoms with Crippen LogP contribution in [-0.4, -0.2) is 45.1 Å². The molecule has 4 nitrogen and oxygen atoms in total. The molecule has 0 radical (unpaired) electrons. The lowest BCUT2D eigenvalue weighted by atomic mass is 10.2. The van der Waals surface area contributed by atoms with E-state index >= 15 is 0 Å². The van der Waals surface area contributed by atoms with Gasteiger partial charge in [-0.3, -0.25) is 4.79 Å². The van der Waals surface area contributed by atoms with Crippen molar-refractivity contribution in [2.75, 3.05) is 39.2 Å². The summed E-state index contributed by atoms with van der Waals surface area (Å²) in [5.74, 6) is 0.521. The number of hydrogen-bond acceptors (Lipinski definition) is 4. The predicted octanol–water partition coefficient (Wildman–Crippen LogP) is 2.56. The molecule has 0 heterocycles. The van der Waals surface area contributed by atoms with Crippen LogP contribution in [0.15, 0.2) is 23.1 Å². The Morgan fingerprint density at radius 1 is 1.24 bits per heavy atom. The van der Waals surface area contributed by atoms with Crippen molar-refractivity contribution in [2.45, 2.75) is 25.2 Å². The molecule has 21 heavy (non-hydrogen) atoms. The summed E-state index contributed by atoms with van der Waals surface area (Å²) in [4.78, 5) is 12.9. The lowest BCUT2D eigenvalue weighted by Gasteiger charge is -2.08. The van der Waals surface area contributed by atoms with Crippen molar-refractivity contribution in [3.63, 3.8) is 0 Å².